The molecule has 0 heterocycles. The van der Waals surface area contributed by atoms with E-state index in [0.717, 1.165) is 0 Å². The molecule has 0 bridgehead atoms. The Labute approximate surface area is 186 Å². The predicted molar refractivity (Wildman–Crippen MR) is 101 cm³/mol. The molecule has 4 rings (SSSR count). The summed E-state index contributed by atoms with van der Waals surface area (Å²) in [5.74, 6) is 0.346. The zero-order valence-corrected chi connectivity index (χ0v) is 18.1. The van der Waals surface area contributed by atoms with E-state index in [0.29, 0.717) is 12.0 Å². The zero-order valence-electron chi connectivity index (χ0n) is 15.0. The van der Waals surface area contributed by atoms with Crippen LogP contribution < -0.4 is 28.2 Å². The number of anilines is 1. The van der Waals surface area contributed by atoms with Crippen molar-refractivity contribution in [2.24, 2.45) is 0 Å². The molecule has 0 aliphatic heterocycles. The van der Waals surface area contributed by atoms with Crippen LogP contribution in [0.3, 0.4) is 0 Å². The molecule has 1 aliphatic carbocycles. The maximum Gasteiger partial charge on any atom is -1.00 e. The summed E-state index contributed by atoms with van der Waals surface area (Å²) in [4.78, 5) is 0. The molecule has 1 aliphatic rings. The van der Waals surface area contributed by atoms with Gasteiger partial charge in [0.1, 0.15) is 0 Å². The van der Waals surface area contributed by atoms with Crippen LogP contribution in [-0.4, -0.2) is 0 Å². The molecule has 27 heavy (non-hydrogen) atoms. The average Bonchev–Trinajstić information content (AvgIpc) is 3.11. The minimum Gasteiger partial charge on any atom is -1.00 e. The molecule has 3 aromatic carbocycles. The number of allylic oxidation sites excluding steroid dienone is 1. The first kappa shape index (κ1) is 21.8. The second-order valence-corrected chi connectivity index (χ2v) is 7.23. The summed E-state index contributed by atoms with van der Waals surface area (Å²) >= 11 is 2.18. The fourth-order valence-electron chi connectivity index (χ4n) is 3.65. The molecule has 135 valence electrons. The Morgan fingerprint density at radius 1 is 0.778 bits per heavy atom. The van der Waals surface area contributed by atoms with Crippen LogP contribution >= 0.6 is 0 Å². The van der Waals surface area contributed by atoms with Crippen molar-refractivity contribution in [3.63, 3.8) is 0 Å². The molecule has 0 spiro atoms. The van der Waals surface area contributed by atoms with Crippen molar-refractivity contribution >= 4 is 11.8 Å². The molecule has 0 amide bonds. The van der Waals surface area contributed by atoms with E-state index in [-0.39, 0.29) is 24.8 Å². The average molecular weight is 429 g/mol. The number of fused-ring (bicyclic) bond motifs is 1. The number of hydrogen-bond acceptors (Lipinski definition) is 1. The van der Waals surface area contributed by atoms with E-state index in [4.69, 9.17) is 0 Å². The van der Waals surface area contributed by atoms with Gasteiger partial charge in [0.25, 0.3) is 0 Å². The topological polar surface area (TPSA) is 3.24 Å². The van der Waals surface area contributed by atoms with Crippen LogP contribution in [0.5, 0.6) is 0 Å². The first-order chi connectivity index (χ1) is 12.3. The van der Waals surface area contributed by atoms with Crippen LogP contribution in [0.4, 0.5) is 5.69 Å². The van der Waals surface area contributed by atoms with E-state index in [1.165, 1.54) is 27.9 Å². The summed E-state index contributed by atoms with van der Waals surface area (Å²) in [6.07, 6.45) is 4.58. The molecule has 2 atom stereocenters. The van der Waals surface area contributed by atoms with Gasteiger partial charge in [0.15, 0.2) is 0 Å². The van der Waals surface area contributed by atoms with E-state index in [1.54, 1.807) is 0 Å². The van der Waals surface area contributed by atoms with E-state index in [9.17, 15) is 0 Å². The Kier molecular flexibility index (Phi) is 7.76. The van der Waals surface area contributed by atoms with E-state index in [1.807, 2.05) is 0 Å². The number of nitrogens with zero attached hydrogens (tertiary/aromatic N) is 1. The number of halogens is 2. The zero-order chi connectivity index (χ0) is 17.2. The van der Waals surface area contributed by atoms with Gasteiger partial charge in [-0.15, -0.1) is 0 Å². The largest absolute Gasteiger partial charge is 1.00 e. The third-order valence-corrected chi connectivity index (χ3v) is 6.01. The molecule has 2 unspecified atom stereocenters. The normalized spacial score (nSPS) is 15.3. The van der Waals surface area contributed by atoms with Crippen molar-refractivity contribution in [3.8, 4) is 0 Å². The van der Waals surface area contributed by atoms with Crippen molar-refractivity contribution in [3.05, 3.63) is 107 Å². The monoisotopic (exact) mass is 428 g/mol. The minimum atomic E-state index is 0. The first-order valence-electron chi connectivity index (χ1n) is 8.67. The van der Waals surface area contributed by atoms with Gasteiger partial charge in [-0.3, -0.25) is 0 Å². The summed E-state index contributed by atoms with van der Waals surface area (Å²) in [6.45, 7) is 2.29. The van der Waals surface area contributed by atoms with Crippen LogP contribution in [0.25, 0.3) is 6.08 Å². The van der Waals surface area contributed by atoms with Crippen molar-refractivity contribution in [1.82, 2.24) is 0 Å². The minimum absolute atomic E-state index is 0. The Bertz CT molecular complexity index is 911. The number of benzene rings is 3. The quantitative estimate of drug-likeness (QED) is 0.524. The molecule has 0 saturated carbocycles. The van der Waals surface area contributed by atoms with E-state index in [2.05, 4.69) is 122 Å². The molecule has 0 radical (unpaired) electrons. The van der Waals surface area contributed by atoms with E-state index < -0.39 is 0 Å². The smallest absolute Gasteiger partial charge is 1.00 e. The van der Waals surface area contributed by atoms with Gasteiger partial charge in [-0.2, -0.15) is 0 Å². The second kappa shape index (κ2) is 9.62. The number of para-hydroxylation sites is 1. The second-order valence-electron chi connectivity index (χ2n) is 6.48. The van der Waals surface area contributed by atoms with Crippen molar-refractivity contribution < 1.29 is 45.5 Å². The van der Waals surface area contributed by atoms with Crippen LogP contribution in [0.15, 0.2) is 84.9 Å². The van der Waals surface area contributed by atoms with Crippen molar-refractivity contribution in [2.45, 2.75) is 18.9 Å². The van der Waals surface area contributed by atoms with Gasteiger partial charge in [0.05, 0.1) is 0 Å². The van der Waals surface area contributed by atoms with Gasteiger partial charge >= 0.3 is 162 Å². The van der Waals surface area contributed by atoms with Gasteiger partial charge in [-0.05, 0) is 0 Å². The van der Waals surface area contributed by atoms with Gasteiger partial charge in [0.2, 0.25) is 0 Å². The van der Waals surface area contributed by atoms with Crippen LogP contribution in [0, 0.1) is 0 Å². The molecular weight excluding hydrogens is 409 g/mol. The maximum absolute atomic E-state index is 2.35. The maximum atomic E-state index is 2.35. The molecule has 0 aromatic heterocycles. The summed E-state index contributed by atoms with van der Waals surface area (Å²) in [6, 6.07) is 28.5. The van der Waals surface area contributed by atoms with Gasteiger partial charge in [0, 0.05) is 0 Å². The van der Waals surface area contributed by atoms with Crippen molar-refractivity contribution in [1.29, 1.82) is 0 Å². The fourth-order valence-corrected chi connectivity index (χ4v) is 4.10. The Hall–Kier alpha value is -1.51. The Balaban J connectivity index is 0.00000131. The van der Waals surface area contributed by atoms with Crippen LogP contribution in [0.2, 0.25) is 0 Å². The predicted octanol–water partition coefficient (Wildman–Crippen LogP) is -0.117. The van der Waals surface area contributed by atoms with Crippen LogP contribution in [-0.2, 0) is 20.7 Å². The fraction of sp³-hybridized carbons (Fsp3) is 0.130. The summed E-state index contributed by atoms with van der Waals surface area (Å²) in [5, 5.41) is 0. The third-order valence-electron chi connectivity index (χ3n) is 5.00. The SMILES string of the molecule is CC(c1ccccc1C1C=Cc2ccccc21)[N]([Ti+2])c1ccccc1.[Cl-].[Cl-]. The van der Waals surface area contributed by atoms with E-state index >= 15 is 0 Å². The summed E-state index contributed by atoms with van der Waals surface area (Å²) in [7, 11) is 0. The Morgan fingerprint density at radius 2 is 1.37 bits per heavy atom. The molecular formula is C23H20Cl2NTi. The van der Waals surface area contributed by atoms with Gasteiger partial charge in [-0.1, -0.05) is 0 Å². The molecule has 0 saturated heterocycles. The van der Waals surface area contributed by atoms with Gasteiger partial charge in [-0.25, -0.2) is 0 Å². The third kappa shape index (κ3) is 4.33. The molecule has 3 aromatic rings. The summed E-state index contributed by atoms with van der Waals surface area (Å²) < 4.78 is 2.35. The molecule has 0 N–H and O–H groups in total. The first-order valence-corrected chi connectivity index (χ1v) is 9.37. The number of rotatable bonds is 4. The summed E-state index contributed by atoms with van der Waals surface area (Å²) in [5.41, 5.74) is 6.78. The molecule has 1 nitrogen and oxygen atoms in total. The molecule has 0 fully saturated rings. The van der Waals surface area contributed by atoms with Crippen LogP contribution in [0.1, 0.15) is 41.1 Å². The van der Waals surface area contributed by atoms with Crippen molar-refractivity contribution in [2.75, 3.05) is 3.38 Å². The Morgan fingerprint density at radius 3 is 2.11 bits per heavy atom. The van der Waals surface area contributed by atoms with Gasteiger partial charge < -0.3 is 24.8 Å². The number of hydrogen-bond donors (Lipinski definition) is 0. The standard InChI is InChI=1S/C23H20N.2ClH.Ti/c1-17(24-19-10-3-2-4-11-19)20-12-7-8-14-22(20)23-16-15-18-9-5-6-13-21(18)23;;;/h2-17,23H,1H3;2*1H;/q-1;;;+3/p-2. The molecule has 4 heteroatoms.